The number of carbonyl (C=O) groups excluding carboxylic acids is 2. The van der Waals surface area contributed by atoms with Crippen LogP contribution in [-0.4, -0.2) is 63.4 Å². The quantitative estimate of drug-likeness (QED) is 0.661. The topological polar surface area (TPSA) is 57.6 Å². The summed E-state index contributed by atoms with van der Waals surface area (Å²) in [7, 11) is 0. The summed E-state index contributed by atoms with van der Waals surface area (Å²) < 4.78 is 2.08. The first kappa shape index (κ1) is 24.4. The van der Waals surface area contributed by atoms with Gasteiger partial charge in [-0.15, -0.1) is 0 Å². The summed E-state index contributed by atoms with van der Waals surface area (Å²) in [6.07, 6.45) is 11.9. The highest BCUT2D eigenvalue weighted by atomic mass is 16.2. The average molecular weight is 479 g/mol. The lowest BCUT2D eigenvalue weighted by Crippen LogP contribution is -2.66. The van der Waals surface area contributed by atoms with E-state index in [9.17, 15) is 9.59 Å². The molecule has 1 N–H and O–H groups in total. The van der Waals surface area contributed by atoms with E-state index in [1.807, 2.05) is 30.0 Å². The highest BCUT2D eigenvalue weighted by Crippen LogP contribution is 2.33. The maximum Gasteiger partial charge on any atom is 0.271 e. The van der Waals surface area contributed by atoms with Gasteiger partial charge in [0.25, 0.3) is 5.91 Å². The van der Waals surface area contributed by atoms with Gasteiger partial charge in [0.15, 0.2) is 0 Å². The number of nitrogens with one attached hydrogen (secondary N) is 1. The third-order valence-corrected chi connectivity index (χ3v) is 8.82. The lowest BCUT2D eigenvalue weighted by Gasteiger charge is -2.46. The van der Waals surface area contributed by atoms with Crippen molar-refractivity contribution in [2.45, 2.75) is 102 Å². The van der Waals surface area contributed by atoms with E-state index in [0.29, 0.717) is 24.8 Å². The molecule has 2 aliphatic heterocycles. The van der Waals surface area contributed by atoms with Crippen molar-refractivity contribution in [2.75, 3.05) is 19.6 Å². The summed E-state index contributed by atoms with van der Waals surface area (Å²) in [5.74, 6) is -0.0148. The van der Waals surface area contributed by atoms with Crippen molar-refractivity contribution in [3.05, 3.63) is 36.0 Å². The van der Waals surface area contributed by atoms with E-state index in [1.54, 1.807) is 0 Å². The SMILES string of the molecule is C[C@H]1CCCCN1CCN1C(=O)c2cc3ccccc3n2C[C@@]1(C)C(=O)NC1CCCCCCC1. The summed E-state index contributed by atoms with van der Waals surface area (Å²) in [6, 6.07) is 10.9. The second kappa shape index (κ2) is 10.3. The lowest BCUT2D eigenvalue weighted by molar-refractivity contribution is -0.133. The number of fused-ring (bicyclic) bond motifs is 3. The first-order chi connectivity index (χ1) is 17.0. The van der Waals surface area contributed by atoms with Gasteiger partial charge in [-0.2, -0.15) is 0 Å². The molecule has 2 amide bonds. The minimum Gasteiger partial charge on any atom is -0.351 e. The molecular formula is C29H42N4O2. The minimum absolute atomic E-state index is 0.00606. The van der Waals surface area contributed by atoms with Gasteiger partial charge in [0.2, 0.25) is 5.91 Å². The van der Waals surface area contributed by atoms with Crippen molar-refractivity contribution in [2.24, 2.45) is 0 Å². The van der Waals surface area contributed by atoms with Gasteiger partial charge in [-0.25, -0.2) is 0 Å². The van der Waals surface area contributed by atoms with Crippen molar-refractivity contribution in [1.29, 1.82) is 0 Å². The number of amides is 2. The lowest BCUT2D eigenvalue weighted by atomic mass is 9.92. The van der Waals surface area contributed by atoms with Crippen LogP contribution in [0.3, 0.4) is 0 Å². The smallest absolute Gasteiger partial charge is 0.271 e. The Balaban J connectivity index is 1.43. The number of nitrogens with zero attached hydrogens (tertiary/aromatic N) is 3. The maximum atomic E-state index is 14.0. The van der Waals surface area contributed by atoms with Gasteiger partial charge in [-0.3, -0.25) is 14.5 Å². The van der Waals surface area contributed by atoms with Gasteiger partial charge in [0.1, 0.15) is 11.2 Å². The molecule has 1 saturated heterocycles. The van der Waals surface area contributed by atoms with E-state index in [4.69, 9.17) is 0 Å². The zero-order chi connectivity index (χ0) is 24.4. The molecule has 0 unspecified atom stereocenters. The van der Waals surface area contributed by atoms with E-state index in [0.717, 1.165) is 36.8 Å². The number of benzene rings is 1. The van der Waals surface area contributed by atoms with Gasteiger partial charge < -0.3 is 14.8 Å². The zero-order valence-corrected chi connectivity index (χ0v) is 21.6. The Morgan fingerprint density at radius 1 is 1.00 bits per heavy atom. The maximum absolute atomic E-state index is 14.0. The molecule has 0 radical (unpaired) electrons. The van der Waals surface area contributed by atoms with Gasteiger partial charge in [0.05, 0.1) is 6.54 Å². The Kier molecular flexibility index (Phi) is 7.19. The molecule has 3 heterocycles. The second-order valence-corrected chi connectivity index (χ2v) is 11.3. The number of aromatic nitrogens is 1. The average Bonchev–Trinajstić information content (AvgIpc) is 3.20. The highest BCUT2D eigenvalue weighted by Gasteiger charge is 2.48. The molecule has 0 spiro atoms. The van der Waals surface area contributed by atoms with Crippen LogP contribution >= 0.6 is 0 Å². The minimum atomic E-state index is -0.909. The molecule has 2 atom stereocenters. The fourth-order valence-corrected chi connectivity index (χ4v) is 6.52. The Hall–Kier alpha value is -2.34. The van der Waals surface area contributed by atoms with Crippen LogP contribution in [0.2, 0.25) is 0 Å². The summed E-state index contributed by atoms with van der Waals surface area (Å²) in [6.45, 7) is 7.25. The number of hydrogen-bond acceptors (Lipinski definition) is 3. The van der Waals surface area contributed by atoms with E-state index in [2.05, 4.69) is 33.8 Å². The number of para-hydroxylation sites is 1. The van der Waals surface area contributed by atoms with Crippen LogP contribution in [0.15, 0.2) is 30.3 Å². The third-order valence-electron chi connectivity index (χ3n) is 8.82. The number of piperidine rings is 1. The van der Waals surface area contributed by atoms with Crippen molar-refractivity contribution in [1.82, 2.24) is 19.7 Å². The van der Waals surface area contributed by atoms with Crippen LogP contribution in [0.1, 0.15) is 88.5 Å². The molecule has 1 aliphatic carbocycles. The first-order valence-corrected chi connectivity index (χ1v) is 13.9. The van der Waals surface area contributed by atoms with Crippen LogP contribution in [0.5, 0.6) is 0 Å². The molecule has 6 heteroatoms. The molecular weight excluding hydrogens is 436 g/mol. The predicted molar refractivity (Wildman–Crippen MR) is 141 cm³/mol. The Morgan fingerprint density at radius 3 is 2.49 bits per heavy atom. The van der Waals surface area contributed by atoms with Crippen LogP contribution < -0.4 is 5.32 Å². The fraction of sp³-hybridized carbons (Fsp3) is 0.655. The second-order valence-electron chi connectivity index (χ2n) is 11.3. The Bertz CT molecular complexity index is 1050. The molecule has 2 aromatic rings. The number of carbonyl (C=O) groups is 2. The van der Waals surface area contributed by atoms with Gasteiger partial charge in [-0.05, 0) is 58.2 Å². The summed E-state index contributed by atoms with van der Waals surface area (Å²) in [5.41, 5.74) is 0.826. The van der Waals surface area contributed by atoms with E-state index in [1.165, 1.54) is 51.4 Å². The van der Waals surface area contributed by atoms with Crippen LogP contribution in [0, 0.1) is 0 Å². The largest absolute Gasteiger partial charge is 0.351 e. The molecule has 5 rings (SSSR count). The van der Waals surface area contributed by atoms with Crippen molar-refractivity contribution < 1.29 is 9.59 Å². The van der Waals surface area contributed by atoms with Crippen LogP contribution in [0.4, 0.5) is 0 Å². The molecule has 0 bridgehead atoms. The van der Waals surface area contributed by atoms with Gasteiger partial charge in [-0.1, -0.05) is 56.7 Å². The van der Waals surface area contributed by atoms with E-state index >= 15 is 0 Å². The molecule has 1 aromatic heterocycles. The molecule has 1 saturated carbocycles. The third kappa shape index (κ3) is 4.87. The number of rotatable bonds is 5. The van der Waals surface area contributed by atoms with E-state index in [-0.39, 0.29) is 17.9 Å². The fourth-order valence-electron chi connectivity index (χ4n) is 6.52. The molecule has 1 aromatic carbocycles. The van der Waals surface area contributed by atoms with E-state index < -0.39 is 5.54 Å². The molecule has 2 fully saturated rings. The van der Waals surface area contributed by atoms with Gasteiger partial charge in [0, 0.05) is 36.1 Å². The van der Waals surface area contributed by atoms with Crippen molar-refractivity contribution in [3.8, 4) is 0 Å². The first-order valence-electron chi connectivity index (χ1n) is 13.9. The Labute approximate surface area is 210 Å². The summed E-state index contributed by atoms with van der Waals surface area (Å²) in [4.78, 5) is 32.3. The molecule has 6 nitrogen and oxygen atoms in total. The predicted octanol–water partition coefficient (Wildman–Crippen LogP) is 4.96. The van der Waals surface area contributed by atoms with Crippen molar-refractivity contribution >= 4 is 22.7 Å². The normalized spacial score (nSPS) is 26.9. The molecule has 3 aliphatic rings. The van der Waals surface area contributed by atoms with Gasteiger partial charge >= 0.3 is 0 Å². The molecule has 35 heavy (non-hydrogen) atoms. The standard InChI is InChI=1S/C29H42N4O2/c1-22-12-10-11-17-31(22)18-19-33-27(34)26-20-23-13-8-9-16-25(23)32(26)21-29(33,2)28(35)30-24-14-6-4-3-5-7-15-24/h8-9,13,16,20,22,24H,3-7,10-12,14-15,17-19,21H2,1-2H3,(H,30,35)/t22-,29-/m0/s1. The molecule has 190 valence electrons. The monoisotopic (exact) mass is 478 g/mol. The number of hydrogen-bond donors (Lipinski definition) is 1. The van der Waals surface area contributed by atoms with Crippen LogP contribution in [-0.2, 0) is 11.3 Å². The number of likely N-dealkylation sites (tertiary alicyclic amines) is 1. The highest BCUT2D eigenvalue weighted by molar-refractivity contribution is 6.03. The Morgan fingerprint density at radius 2 is 1.71 bits per heavy atom. The van der Waals surface area contributed by atoms with Crippen LogP contribution in [0.25, 0.3) is 10.9 Å². The zero-order valence-electron chi connectivity index (χ0n) is 21.6. The summed E-state index contributed by atoms with van der Waals surface area (Å²) in [5, 5.41) is 4.47. The summed E-state index contributed by atoms with van der Waals surface area (Å²) >= 11 is 0. The van der Waals surface area contributed by atoms with Crippen molar-refractivity contribution in [3.63, 3.8) is 0 Å².